The molecular formula is C8H14N2O6. The number of carbonyl (C=O) groups is 1. The molecule has 1 fully saturated rings. The van der Waals surface area contributed by atoms with E-state index < -0.39 is 43.2 Å². The third-order valence-electron chi connectivity index (χ3n) is 2.20. The molecule has 1 aliphatic rings. The molecule has 5 atom stereocenters. The Bertz CT molecular complexity index is 284. The Balaban J connectivity index is 2.75. The second-order valence-corrected chi connectivity index (χ2v) is 3.45. The van der Waals surface area contributed by atoms with Crippen LogP contribution in [0.4, 0.5) is 0 Å². The van der Waals surface area contributed by atoms with Crippen molar-refractivity contribution in [2.45, 2.75) is 37.6 Å². The van der Waals surface area contributed by atoms with Crippen LogP contribution in [-0.2, 0) is 9.53 Å². The maximum absolute atomic E-state index is 10.5. The standard InChI is InChI=1S/C8H14N2O6/c1-3(12)9-10-5-7(14)6(13)4(2-11)16-8(5)15/h4-8,11,13-15H,2H2,1H3/t4-,5-,6+,7-,8-/m1/s1. The maximum Gasteiger partial charge on any atom is 0.261 e. The predicted octanol–water partition coefficient (Wildman–Crippen LogP) is -2.21. The molecule has 1 aliphatic heterocycles. The summed E-state index contributed by atoms with van der Waals surface area (Å²) in [6, 6.07) is -1.25. The lowest BCUT2D eigenvalue weighted by molar-refractivity contribution is -0.249. The van der Waals surface area contributed by atoms with Gasteiger partial charge in [0.05, 0.1) is 6.61 Å². The van der Waals surface area contributed by atoms with E-state index in [0.29, 0.717) is 0 Å². The molecule has 0 unspecified atom stereocenters. The van der Waals surface area contributed by atoms with Crippen molar-refractivity contribution in [3.63, 3.8) is 0 Å². The van der Waals surface area contributed by atoms with Crippen LogP contribution in [0.5, 0.6) is 0 Å². The molecule has 0 bridgehead atoms. The van der Waals surface area contributed by atoms with Crippen LogP contribution in [0.25, 0.3) is 0 Å². The fourth-order valence-electron chi connectivity index (χ4n) is 1.36. The van der Waals surface area contributed by atoms with Crippen molar-refractivity contribution in [1.29, 1.82) is 0 Å². The third-order valence-corrected chi connectivity index (χ3v) is 2.20. The highest BCUT2D eigenvalue weighted by Crippen LogP contribution is 2.22. The second-order valence-electron chi connectivity index (χ2n) is 3.45. The minimum atomic E-state index is -1.53. The molecule has 0 aliphatic carbocycles. The van der Waals surface area contributed by atoms with Crippen molar-refractivity contribution in [3.8, 4) is 0 Å². The summed E-state index contributed by atoms with van der Waals surface area (Å²) >= 11 is 0. The number of aliphatic hydroxyl groups excluding tert-OH is 4. The highest BCUT2D eigenvalue weighted by atomic mass is 16.6. The van der Waals surface area contributed by atoms with E-state index in [1.807, 2.05) is 0 Å². The highest BCUT2D eigenvalue weighted by Gasteiger charge is 2.44. The summed E-state index contributed by atoms with van der Waals surface area (Å²) in [5.41, 5.74) is 0. The third kappa shape index (κ3) is 2.80. The number of hydrogen-bond acceptors (Lipinski definition) is 7. The van der Waals surface area contributed by atoms with Gasteiger partial charge >= 0.3 is 0 Å². The van der Waals surface area contributed by atoms with E-state index in [1.165, 1.54) is 0 Å². The van der Waals surface area contributed by atoms with Crippen LogP contribution in [0.2, 0.25) is 0 Å². The summed E-state index contributed by atoms with van der Waals surface area (Å²) in [6.45, 7) is 0.602. The minimum Gasteiger partial charge on any atom is -0.394 e. The van der Waals surface area contributed by atoms with Gasteiger partial charge in [-0.05, 0) is 0 Å². The average molecular weight is 234 g/mol. The van der Waals surface area contributed by atoms with Gasteiger partial charge in [-0.1, -0.05) is 0 Å². The van der Waals surface area contributed by atoms with Gasteiger partial charge in [0.15, 0.2) is 12.3 Å². The van der Waals surface area contributed by atoms with Gasteiger partial charge in [-0.3, -0.25) is 4.79 Å². The lowest BCUT2D eigenvalue weighted by Gasteiger charge is -2.37. The number of ether oxygens (including phenoxy) is 1. The molecule has 1 saturated heterocycles. The Labute approximate surface area is 91.2 Å². The van der Waals surface area contributed by atoms with Crippen LogP contribution < -0.4 is 0 Å². The van der Waals surface area contributed by atoms with Gasteiger partial charge in [0.25, 0.3) is 5.91 Å². The first kappa shape index (κ1) is 13.1. The van der Waals surface area contributed by atoms with E-state index in [2.05, 4.69) is 10.2 Å². The molecule has 0 spiro atoms. The van der Waals surface area contributed by atoms with Crippen LogP contribution in [0.3, 0.4) is 0 Å². The first-order chi connectivity index (χ1) is 7.47. The zero-order valence-corrected chi connectivity index (χ0v) is 8.59. The smallest absolute Gasteiger partial charge is 0.261 e. The Morgan fingerprint density at radius 2 is 1.94 bits per heavy atom. The van der Waals surface area contributed by atoms with Crippen LogP contribution in [-0.4, -0.2) is 63.6 Å². The molecule has 0 saturated carbocycles. The quantitative estimate of drug-likeness (QED) is 0.400. The number of aliphatic hydroxyl groups is 4. The highest BCUT2D eigenvalue weighted by molar-refractivity contribution is 5.73. The summed E-state index contributed by atoms with van der Waals surface area (Å²) in [4.78, 5) is 10.5. The van der Waals surface area contributed by atoms with Gasteiger partial charge in [0.2, 0.25) is 0 Å². The van der Waals surface area contributed by atoms with Crippen molar-refractivity contribution in [3.05, 3.63) is 0 Å². The summed E-state index contributed by atoms with van der Waals surface area (Å²) in [7, 11) is 0. The topological polar surface area (TPSA) is 132 Å². The fourth-order valence-corrected chi connectivity index (χ4v) is 1.36. The Kier molecular flexibility index (Phi) is 4.44. The van der Waals surface area contributed by atoms with Crippen LogP contribution in [0.15, 0.2) is 10.2 Å². The van der Waals surface area contributed by atoms with E-state index in [0.717, 1.165) is 6.92 Å². The second kappa shape index (κ2) is 5.41. The number of nitrogens with zero attached hydrogens (tertiary/aromatic N) is 2. The molecule has 4 N–H and O–H groups in total. The first-order valence-corrected chi connectivity index (χ1v) is 4.69. The number of carbonyl (C=O) groups excluding carboxylic acids is 1. The van der Waals surface area contributed by atoms with Crippen molar-refractivity contribution in [2.75, 3.05) is 6.61 Å². The van der Waals surface area contributed by atoms with E-state index in [4.69, 9.17) is 9.84 Å². The number of rotatable bonds is 2. The Hall–Kier alpha value is -0.930. The number of azo groups is 1. The van der Waals surface area contributed by atoms with Gasteiger partial charge in [-0.15, -0.1) is 5.11 Å². The molecule has 16 heavy (non-hydrogen) atoms. The zero-order valence-electron chi connectivity index (χ0n) is 8.59. The normalized spacial score (nSPS) is 40.2. The molecule has 1 amide bonds. The van der Waals surface area contributed by atoms with Crippen molar-refractivity contribution >= 4 is 5.91 Å². The van der Waals surface area contributed by atoms with E-state index in [-0.39, 0.29) is 0 Å². The van der Waals surface area contributed by atoms with Gasteiger partial charge in [0.1, 0.15) is 18.3 Å². The molecule has 1 heterocycles. The number of amides is 1. The van der Waals surface area contributed by atoms with E-state index in [9.17, 15) is 20.1 Å². The summed E-state index contributed by atoms with van der Waals surface area (Å²) in [5.74, 6) is -0.599. The maximum atomic E-state index is 10.5. The van der Waals surface area contributed by atoms with Gasteiger partial charge in [-0.2, -0.15) is 5.11 Å². The zero-order chi connectivity index (χ0) is 12.3. The fraction of sp³-hybridized carbons (Fsp3) is 0.875. The largest absolute Gasteiger partial charge is 0.394 e. The molecule has 8 heteroatoms. The average Bonchev–Trinajstić information content (AvgIpc) is 2.22. The van der Waals surface area contributed by atoms with Crippen molar-refractivity contribution in [2.24, 2.45) is 10.2 Å². The lowest BCUT2D eigenvalue weighted by atomic mass is 9.98. The molecule has 0 aromatic carbocycles. The summed E-state index contributed by atoms with van der Waals surface area (Å²) in [5, 5.41) is 43.7. The van der Waals surface area contributed by atoms with Gasteiger partial charge in [-0.25, -0.2) is 0 Å². The molecule has 8 nitrogen and oxygen atoms in total. The molecule has 0 radical (unpaired) electrons. The van der Waals surface area contributed by atoms with Gasteiger partial charge < -0.3 is 25.2 Å². The first-order valence-electron chi connectivity index (χ1n) is 4.69. The molecule has 0 aromatic heterocycles. The SMILES string of the molecule is CC(=O)N=N[C@@H]1[C@@H](O)[C@@H](O)[C@@H](CO)O[C@H]1O. The van der Waals surface area contributed by atoms with E-state index >= 15 is 0 Å². The molecule has 0 aromatic rings. The molecule has 1 rings (SSSR count). The van der Waals surface area contributed by atoms with Gasteiger partial charge in [0, 0.05) is 6.92 Å². The Morgan fingerprint density at radius 1 is 1.31 bits per heavy atom. The predicted molar refractivity (Wildman–Crippen MR) is 49.3 cm³/mol. The van der Waals surface area contributed by atoms with Crippen LogP contribution in [0, 0.1) is 0 Å². The lowest BCUT2D eigenvalue weighted by Crippen LogP contribution is -2.57. The van der Waals surface area contributed by atoms with E-state index in [1.54, 1.807) is 0 Å². The number of hydrogen-bond donors (Lipinski definition) is 4. The van der Waals surface area contributed by atoms with Crippen LogP contribution >= 0.6 is 0 Å². The molecule has 92 valence electrons. The Morgan fingerprint density at radius 3 is 2.44 bits per heavy atom. The van der Waals surface area contributed by atoms with Crippen LogP contribution in [0.1, 0.15) is 6.92 Å². The van der Waals surface area contributed by atoms with Crippen molar-refractivity contribution < 1.29 is 30.0 Å². The molecular weight excluding hydrogens is 220 g/mol. The monoisotopic (exact) mass is 234 g/mol. The summed E-state index contributed by atoms with van der Waals surface area (Å²) in [6.07, 6.45) is -5.47. The van der Waals surface area contributed by atoms with Crippen molar-refractivity contribution in [1.82, 2.24) is 0 Å². The summed E-state index contributed by atoms with van der Waals surface area (Å²) < 4.78 is 4.79. The minimum absolute atomic E-state index is 0.550.